The number of hydrogen-bond acceptors (Lipinski definition) is 4. The highest BCUT2D eigenvalue weighted by Crippen LogP contribution is 2.18. The first-order chi connectivity index (χ1) is 12.1. The maximum Gasteiger partial charge on any atom is 0.287 e. The molecule has 3 aromatic rings. The van der Waals surface area contributed by atoms with Crippen LogP contribution >= 0.6 is 11.6 Å². The standard InChI is InChI=1S/C18H15ClN2O3S/c19-14-4-1-5-16(9-14)25(23)12-15-6-7-17(24-15)18(22)21-11-13-3-2-8-20-10-13/h1-10H,11-12H2,(H,21,22)/t25-/m1/s1. The monoisotopic (exact) mass is 374 g/mol. The van der Waals surface area contributed by atoms with Gasteiger partial charge in [-0.15, -0.1) is 0 Å². The predicted octanol–water partition coefficient (Wildman–Crippen LogP) is 3.57. The predicted molar refractivity (Wildman–Crippen MR) is 95.7 cm³/mol. The largest absolute Gasteiger partial charge is 0.455 e. The molecule has 1 N–H and O–H groups in total. The zero-order chi connectivity index (χ0) is 17.6. The van der Waals surface area contributed by atoms with Gasteiger partial charge in [0.1, 0.15) is 5.76 Å². The Labute approximate surface area is 152 Å². The van der Waals surface area contributed by atoms with Gasteiger partial charge in [-0.1, -0.05) is 23.7 Å². The molecule has 0 radical (unpaired) electrons. The number of pyridine rings is 1. The topological polar surface area (TPSA) is 72.2 Å². The van der Waals surface area contributed by atoms with Crippen molar-refractivity contribution in [2.45, 2.75) is 17.2 Å². The summed E-state index contributed by atoms with van der Waals surface area (Å²) in [4.78, 5) is 16.7. The van der Waals surface area contributed by atoms with Crippen molar-refractivity contribution < 1.29 is 13.4 Å². The van der Waals surface area contributed by atoms with Crippen molar-refractivity contribution in [2.24, 2.45) is 0 Å². The van der Waals surface area contributed by atoms with Crippen molar-refractivity contribution in [3.63, 3.8) is 0 Å². The van der Waals surface area contributed by atoms with Gasteiger partial charge in [0.2, 0.25) is 0 Å². The number of benzene rings is 1. The van der Waals surface area contributed by atoms with E-state index in [2.05, 4.69) is 10.3 Å². The lowest BCUT2D eigenvalue weighted by Crippen LogP contribution is -2.22. The first-order valence-corrected chi connectivity index (χ1v) is 9.21. The summed E-state index contributed by atoms with van der Waals surface area (Å²) in [5, 5.41) is 3.28. The van der Waals surface area contributed by atoms with Crippen LogP contribution in [0.15, 0.2) is 70.2 Å². The number of aromatic nitrogens is 1. The number of furan rings is 1. The number of rotatable bonds is 6. The molecule has 1 aromatic carbocycles. The Kier molecular flexibility index (Phi) is 5.63. The number of nitrogens with one attached hydrogen (secondary N) is 1. The lowest BCUT2D eigenvalue weighted by Gasteiger charge is -2.03. The minimum atomic E-state index is -1.30. The van der Waals surface area contributed by atoms with E-state index < -0.39 is 10.8 Å². The molecule has 5 nitrogen and oxygen atoms in total. The SMILES string of the molecule is O=C(NCc1cccnc1)c1ccc(C[S@@](=O)c2cccc(Cl)c2)o1. The molecular weight excluding hydrogens is 360 g/mol. The van der Waals surface area contributed by atoms with Crippen molar-refractivity contribution in [3.8, 4) is 0 Å². The second-order valence-electron chi connectivity index (χ2n) is 5.26. The molecule has 0 aliphatic rings. The summed E-state index contributed by atoms with van der Waals surface area (Å²) >= 11 is 5.91. The summed E-state index contributed by atoms with van der Waals surface area (Å²) in [5.41, 5.74) is 0.893. The summed E-state index contributed by atoms with van der Waals surface area (Å²) in [7, 11) is -1.30. The van der Waals surface area contributed by atoms with E-state index in [9.17, 15) is 9.00 Å². The fraction of sp³-hybridized carbons (Fsp3) is 0.111. The highest BCUT2D eigenvalue weighted by molar-refractivity contribution is 7.84. The third-order valence-corrected chi connectivity index (χ3v) is 4.96. The van der Waals surface area contributed by atoms with Crippen LogP contribution in [0, 0.1) is 0 Å². The zero-order valence-corrected chi connectivity index (χ0v) is 14.7. The number of carbonyl (C=O) groups excluding carboxylic acids is 1. The zero-order valence-electron chi connectivity index (χ0n) is 13.1. The van der Waals surface area contributed by atoms with Gasteiger partial charge >= 0.3 is 0 Å². The van der Waals surface area contributed by atoms with Crippen LogP contribution in [0.2, 0.25) is 5.02 Å². The summed E-state index contributed by atoms with van der Waals surface area (Å²) in [6, 6.07) is 13.8. The van der Waals surface area contributed by atoms with Crippen molar-refractivity contribution in [1.82, 2.24) is 10.3 Å². The Morgan fingerprint density at radius 3 is 2.84 bits per heavy atom. The molecule has 1 atom stereocenters. The highest BCUT2D eigenvalue weighted by atomic mass is 35.5. The summed E-state index contributed by atoms with van der Waals surface area (Å²) in [5.74, 6) is 0.506. The molecule has 0 aliphatic carbocycles. The first-order valence-electron chi connectivity index (χ1n) is 7.51. The number of halogens is 1. The molecule has 2 aromatic heterocycles. The van der Waals surface area contributed by atoms with E-state index in [0.717, 1.165) is 5.56 Å². The van der Waals surface area contributed by atoms with Crippen molar-refractivity contribution >= 4 is 28.3 Å². The first kappa shape index (κ1) is 17.4. The van der Waals surface area contributed by atoms with Crippen LogP contribution in [-0.2, 0) is 23.1 Å². The fourth-order valence-corrected chi connectivity index (χ4v) is 3.49. The van der Waals surface area contributed by atoms with Crippen molar-refractivity contribution in [3.05, 3.63) is 83.0 Å². The van der Waals surface area contributed by atoms with Crippen LogP contribution in [-0.4, -0.2) is 15.1 Å². The highest BCUT2D eigenvalue weighted by Gasteiger charge is 2.13. The van der Waals surface area contributed by atoms with E-state index >= 15 is 0 Å². The Bertz CT molecular complexity index is 896. The molecule has 128 valence electrons. The number of amides is 1. The Hall–Kier alpha value is -2.44. The molecule has 0 fully saturated rings. The Morgan fingerprint density at radius 1 is 1.20 bits per heavy atom. The lowest BCUT2D eigenvalue weighted by molar-refractivity contribution is 0.0921. The summed E-state index contributed by atoms with van der Waals surface area (Å²) in [6.45, 7) is 0.358. The second kappa shape index (κ2) is 8.09. The summed E-state index contributed by atoms with van der Waals surface area (Å²) < 4.78 is 17.8. The van der Waals surface area contributed by atoms with Crippen LogP contribution in [0.4, 0.5) is 0 Å². The van der Waals surface area contributed by atoms with Gasteiger partial charge in [0.15, 0.2) is 5.76 Å². The minimum absolute atomic E-state index is 0.177. The number of nitrogens with zero attached hydrogens (tertiary/aromatic N) is 1. The molecule has 0 spiro atoms. The van der Waals surface area contributed by atoms with E-state index in [-0.39, 0.29) is 17.4 Å². The Balaban J connectivity index is 1.60. The molecule has 0 aliphatic heterocycles. The maximum atomic E-state index is 12.3. The van der Waals surface area contributed by atoms with Crippen LogP contribution in [0.5, 0.6) is 0 Å². The van der Waals surface area contributed by atoms with E-state index in [4.69, 9.17) is 16.0 Å². The van der Waals surface area contributed by atoms with E-state index in [1.807, 2.05) is 6.07 Å². The molecule has 0 saturated heterocycles. The van der Waals surface area contributed by atoms with Crippen LogP contribution in [0.3, 0.4) is 0 Å². The second-order valence-corrected chi connectivity index (χ2v) is 7.14. The Morgan fingerprint density at radius 2 is 2.08 bits per heavy atom. The molecular formula is C18H15ClN2O3S. The van der Waals surface area contributed by atoms with Crippen LogP contribution in [0.25, 0.3) is 0 Å². The molecule has 3 rings (SSSR count). The van der Waals surface area contributed by atoms with E-state index in [1.54, 1.807) is 54.9 Å². The molecule has 25 heavy (non-hydrogen) atoms. The minimum Gasteiger partial charge on any atom is -0.455 e. The van der Waals surface area contributed by atoms with Gasteiger partial charge in [0.25, 0.3) is 5.91 Å². The van der Waals surface area contributed by atoms with Gasteiger partial charge in [0.05, 0.1) is 16.6 Å². The smallest absolute Gasteiger partial charge is 0.287 e. The molecule has 0 unspecified atom stereocenters. The summed E-state index contributed by atoms with van der Waals surface area (Å²) in [6.07, 6.45) is 3.35. The van der Waals surface area contributed by atoms with Gasteiger partial charge in [0, 0.05) is 28.9 Å². The molecule has 0 bridgehead atoms. The normalized spacial score (nSPS) is 11.9. The maximum absolute atomic E-state index is 12.3. The van der Waals surface area contributed by atoms with Crippen LogP contribution in [0.1, 0.15) is 21.9 Å². The molecule has 1 amide bonds. The average molecular weight is 375 g/mol. The fourth-order valence-electron chi connectivity index (χ4n) is 2.17. The molecule has 0 saturated carbocycles. The average Bonchev–Trinajstić information content (AvgIpc) is 3.09. The van der Waals surface area contributed by atoms with Gasteiger partial charge < -0.3 is 9.73 Å². The van der Waals surface area contributed by atoms with E-state index in [1.165, 1.54) is 0 Å². The number of hydrogen-bond donors (Lipinski definition) is 1. The third-order valence-electron chi connectivity index (χ3n) is 3.39. The van der Waals surface area contributed by atoms with Gasteiger partial charge in [-0.05, 0) is 42.0 Å². The van der Waals surface area contributed by atoms with Crippen LogP contribution < -0.4 is 5.32 Å². The third kappa shape index (κ3) is 4.78. The number of carbonyl (C=O) groups is 1. The lowest BCUT2D eigenvalue weighted by atomic mass is 10.3. The molecule has 7 heteroatoms. The van der Waals surface area contributed by atoms with Crippen molar-refractivity contribution in [2.75, 3.05) is 0 Å². The quantitative estimate of drug-likeness (QED) is 0.716. The van der Waals surface area contributed by atoms with E-state index in [0.29, 0.717) is 22.2 Å². The molecule has 2 heterocycles. The van der Waals surface area contributed by atoms with Crippen molar-refractivity contribution in [1.29, 1.82) is 0 Å². The van der Waals surface area contributed by atoms with Gasteiger partial charge in [-0.3, -0.25) is 14.0 Å². The van der Waals surface area contributed by atoms with Gasteiger partial charge in [-0.25, -0.2) is 0 Å². The van der Waals surface area contributed by atoms with Gasteiger partial charge in [-0.2, -0.15) is 0 Å².